The molecule has 0 aliphatic carbocycles. The van der Waals surface area contributed by atoms with E-state index in [0.29, 0.717) is 36.9 Å². The maximum absolute atomic E-state index is 12.8. The zero-order chi connectivity index (χ0) is 25.7. The van der Waals surface area contributed by atoms with E-state index < -0.39 is 17.8 Å². The van der Waals surface area contributed by atoms with E-state index in [1.807, 2.05) is 25.1 Å². The van der Waals surface area contributed by atoms with Crippen LogP contribution in [0.25, 0.3) is 16.5 Å². The van der Waals surface area contributed by atoms with Crippen molar-refractivity contribution in [2.45, 2.75) is 13.1 Å². The number of carbonyl (C=O) groups is 1. The van der Waals surface area contributed by atoms with Crippen LogP contribution in [0.3, 0.4) is 0 Å². The molecule has 4 rings (SSSR count). The van der Waals surface area contributed by atoms with Crippen LogP contribution >= 0.6 is 0 Å². The average Bonchev–Trinajstić information content (AvgIpc) is 3.28. The summed E-state index contributed by atoms with van der Waals surface area (Å²) in [6.07, 6.45) is 0.533. The third-order valence-corrected chi connectivity index (χ3v) is 5.59. The Morgan fingerprint density at radius 3 is 2.72 bits per heavy atom. The van der Waals surface area contributed by atoms with Gasteiger partial charge in [0.25, 0.3) is 5.91 Å². The summed E-state index contributed by atoms with van der Waals surface area (Å²) in [5.74, 6) is -0.746. The number of allylic oxidation sites excluding steroid dienone is 1. The second kappa shape index (κ2) is 10.8. The normalized spacial score (nSPS) is 15.8. The van der Waals surface area contributed by atoms with Gasteiger partial charge in [0.1, 0.15) is 0 Å². The molecule has 1 aliphatic rings. The van der Waals surface area contributed by atoms with E-state index in [1.54, 1.807) is 12.3 Å². The van der Waals surface area contributed by atoms with Crippen molar-refractivity contribution in [2.75, 3.05) is 38.2 Å². The van der Waals surface area contributed by atoms with Gasteiger partial charge in [-0.3, -0.25) is 19.8 Å². The highest BCUT2D eigenvalue weighted by Gasteiger charge is 2.32. The number of aromatic nitrogens is 4. The highest BCUT2D eigenvalue weighted by Crippen LogP contribution is 2.27. The molecular formula is C24H24F3N7O2. The first kappa shape index (κ1) is 25.2. The van der Waals surface area contributed by atoms with Gasteiger partial charge in [-0.2, -0.15) is 18.3 Å². The van der Waals surface area contributed by atoms with Crippen molar-refractivity contribution in [3.8, 4) is 0 Å². The number of benzene rings is 1. The maximum Gasteiger partial charge on any atom is 0.434 e. The standard InChI is InChI=1S/C24H24F3N7O2/c1-15(9-16(11-28-2)14-34-5-7-36-8-6-34)17-3-4-19-18(10-17)22(33-32-19)23(35)31-21-13-29-20(12-30-21)24(25,26)27/h3-4,9-13H,2,5-8,14H2,1H3,(H,32,33)(H,30,31,35)/b15-9+,16-11+. The highest BCUT2D eigenvalue weighted by atomic mass is 19.4. The van der Waals surface area contributed by atoms with Gasteiger partial charge in [0.2, 0.25) is 0 Å². The van der Waals surface area contributed by atoms with E-state index >= 15 is 0 Å². The van der Waals surface area contributed by atoms with Crippen molar-refractivity contribution in [3.63, 3.8) is 0 Å². The van der Waals surface area contributed by atoms with Crippen LogP contribution in [0.15, 0.2) is 53.4 Å². The van der Waals surface area contributed by atoms with Gasteiger partial charge in [0.05, 0.1) is 31.1 Å². The van der Waals surface area contributed by atoms with Crippen LogP contribution in [0.5, 0.6) is 0 Å². The first-order valence-electron chi connectivity index (χ1n) is 11.1. The van der Waals surface area contributed by atoms with Crippen LogP contribution in [0.1, 0.15) is 28.7 Å². The number of hydrogen-bond acceptors (Lipinski definition) is 7. The SMILES string of the molecule is C=N/C=C(\C=C(/C)c1ccc2[nH]nc(C(=O)Nc3cnc(C(F)(F)F)cn3)c2c1)CN1CCOCC1. The van der Waals surface area contributed by atoms with Crippen LogP contribution in [0.2, 0.25) is 0 Å². The topological polar surface area (TPSA) is 108 Å². The van der Waals surface area contributed by atoms with Crippen LogP contribution in [0.4, 0.5) is 19.0 Å². The summed E-state index contributed by atoms with van der Waals surface area (Å²) in [4.78, 5) is 25.9. The number of rotatable bonds is 7. The third-order valence-electron chi connectivity index (χ3n) is 5.59. The summed E-state index contributed by atoms with van der Waals surface area (Å²) in [5.41, 5.74) is 2.36. The zero-order valence-electron chi connectivity index (χ0n) is 19.5. The number of amides is 1. The minimum absolute atomic E-state index is 0.0817. The molecule has 3 aromatic rings. The van der Waals surface area contributed by atoms with Gasteiger partial charge in [-0.25, -0.2) is 9.97 Å². The molecule has 0 bridgehead atoms. The van der Waals surface area contributed by atoms with E-state index in [0.717, 1.165) is 36.0 Å². The fraction of sp³-hybridized carbons (Fsp3) is 0.292. The lowest BCUT2D eigenvalue weighted by Crippen LogP contribution is -2.37. The van der Waals surface area contributed by atoms with Crippen molar-refractivity contribution in [1.29, 1.82) is 0 Å². The van der Waals surface area contributed by atoms with Gasteiger partial charge < -0.3 is 10.1 Å². The Balaban J connectivity index is 1.54. The number of hydrogen-bond donors (Lipinski definition) is 2. The summed E-state index contributed by atoms with van der Waals surface area (Å²) in [6.45, 7) is 9.28. The van der Waals surface area contributed by atoms with Crippen LogP contribution in [-0.2, 0) is 10.9 Å². The van der Waals surface area contributed by atoms with Crippen molar-refractivity contribution in [2.24, 2.45) is 4.99 Å². The molecule has 3 heterocycles. The van der Waals surface area contributed by atoms with E-state index in [1.165, 1.54) is 0 Å². The van der Waals surface area contributed by atoms with Crippen molar-refractivity contribution in [3.05, 3.63) is 65.4 Å². The van der Waals surface area contributed by atoms with E-state index in [2.05, 4.69) is 42.1 Å². The van der Waals surface area contributed by atoms with Crippen molar-refractivity contribution < 1.29 is 22.7 Å². The lowest BCUT2D eigenvalue weighted by molar-refractivity contribution is -0.141. The molecule has 188 valence electrons. The number of nitrogens with zero attached hydrogens (tertiary/aromatic N) is 5. The number of nitrogens with one attached hydrogen (secondary N) is 2. The second-order valence-corrected chi connectivity index (χ2v) is 8.17. The van der Waals surface area contributed by atoms with Crippen LogP contribution in [0, 0.1) is 0 Å². The smallest absolute Gasteiger partial charge is 0.379 e. The molecule has 1 saturated heterocycles. The predicted molar refractivity (Wildman–Crippen MR) is 130 cm³/mol. The molecule has 9 nitrogen and oxygen atoms in total. The predicted octanol–water partition coefficient (Wildman–Crippen LogP) is 3.94. The lowest BCUT2D eigenvalue weighted by atomic mass is 10.0. The summed E-state index contributed by atoms with van der Waals surface area (Å²) in [5, 5.41) is 9.87. The van der Waals surface area contributed by atoms with Gasteiger partial charge in [0.15, 0.2) is 17.2 Å². The van der Waals surface area contributed by atoms with Crippen molar-refractivity contribution >= 4 is 34.9 Å². The second-order valence-electron chi connectivity index (χ2n) is 8.17. The summed E-state index contributed by atoms with van der Waals surface area (Å²) < 4.78 is 43.5. The monoisotopic (exact) mass is 499 g/mol. The van der Waals surface area contributed by atoms with Gasteiger partial charge in [-0.1, -0.05) is 12.1 Å². The Morgan fingerprint density at radius 2 is 2.06 bits per heavy atom. The lowest BCUT2D eigenvalue weighted by Gasteiger charge is -2.26. The molecular weight excluding hydrogens is 475 g/mol. The van der Waals surface area contributed by atoms with E-state index in [9.17, 15) is 18.0 Å². The molecule has 0 saturated carbocycles. The van der Waals surface area contributed by atoms with Gasteiger partial charge in [-0.15, -0.1) is 0 Å². The molecule has 1 aromatic carbocycles. The molecule has 1 fully saturated rings. The van der Waals surface area contributed by atoms with Gasteiger partial charge in [-0.05, 0) is 42.5 Å². The Morgan fingerprint density at radius 1 is 1.28 bits per heavy atom. The first-order valence-corrected chi connectivity index (χ1v) is 11.1. The number of ether oxygens (including phenoxy) is 1. The number of anilines is 1. The Bertz CT molecular complexity index is 1310. The molecule has 12 heteroatoms. The Labute approximate surface area is 204 Å². The highest BCUT2D eigenvalue weighted by molar-refractivity contribution is 6.11. The molecule has 2 aromatic heterocycles. The molecule has 36 heavy (non-hydrogen) atoms. The molecule has 0 atom stereocenters. The molecule has 0 radical (unpaired) electrons. The van der Waals surface area contributed by atoms with E-state index in [-0.39, 0.29) is 11.5 Å². The number of H-pyrrole nitrogens is 1. The number of morpholine rings is 1. The van der Waals surface area contributed by atoms with Crippen LogP contribution in [-0.4, -0.2) is 70.5 Å². The van der Waals surface area contributed by atoms with Crippen LogP contribution < -0.4 is 5.32 Å². The summed E-state index contributed by atoms with van der Waals surface area (Å²) in [7, 11) is 0. The Kier molecular flexibility index (Phi) is 7.55. The fourth-order valence-electron chi connectivity index (χ4n) is 3.77. The number of carbonyl (C=O) groups excluding carboxylic acids is 1. The minimum atomic E-state index is -4.62. The van der Waals surface area contributed by atoms with Crippen molar-refractivity contribution in [1.82, 2.24) is 25.1 Å². The number of fused-ring (bicyclic) bond motifs is 1. The number of alkyl halides is 3. The fourth-order valence-corrected chi connectivity index (χ4v) is 3.77. The maximum atomic E-state index is 12.8. The molecule has 2 N–H and O–H groups in total. The first-order chi connectivity index (χ1) is 17.2. The molecule has 1 aliphatic heterocycles. The third kappa shape index (κ3) is 6.01. The quantitative estimate of drug-likeness (QED) is 0.377. The average molecular weight is 499 g/mol. The number of aliphatic imine (C=N–C) groups is 1. The number of aromatic amines is 1. The van der Waals surface area contributed by atoms with Gasteiger partial charge in [0, 0.05) is 31.2 Å². The zero-order valence-corrected chi connectivity index (χ0v) is 19.5. The number of halogens is 3. The summed E-state index contributed by atoms with van der Waals surface area (Å²) in [6, 6.07) is 5.54. The van der Waals surface area contributed by atoms with Gasteiger partial charge >= 0.3 is 6.18 Å². The molecule has 1 amide bonds. The summed E-state index contributed by atoms with van der Waals surface area (Å²) >= 11 is 0. The largest absolute Gasteiger partial charge is 0.434 e. The van der Waals surface area contributed by atoms with E-state index in [4.69, 9.17) is 4.74 Å². The molecule has 0 spiro atoms. The minimum Gasteiger partial charge on any atom is -0.379 e. The molecule has 0 unspecified atom stereocenters. The Hall–Kier alpha value is -3.90.